The number of hydrogen-bond acceptors (Lipinski definition) is 4. The molecule has 0 aromatic carbocycles. The Morgan fingerprint density at radius 2 is 2.16 bits per heavy atom. The SMILES string of the molecule is CCS(=O)(=O)C(C)C(=O)NCCCc1ccccn1. The molecule has 0 spiro atoms. The van der Waals surface area contributed by atoms with Gasteiger partial charge in [0, 0.05) is 24.2 Å². The maximum Gasteiger partial charge on any atom is 0.238 e. The number of carbonyl (C=O) groups is 1. The summed E-state index contributed by atoms with van der Waals surface area (Å²) in [5.41, 5.74) is 0.964. The third-order valence-corrected chi connectivity index (χ3v) is 5.04. The Kier molecular flexibility index (Phi) is 5.95. The minimum absolute atomic E-state index is 0.0183. The summed E-state index contributed by atoms with van der Waals surface area (Å²) in [6.07, 6.45) is 3.22. The molecule has 1 N–H and O–H groups in total. The van der Waals surface area contributed by atoms with E-state index in [4.69, 9.17) is 0 Å². The second kappa shape index (κ2) is 7.23. The number of hydrogen-bond donors (Lipinski definition) is 1. The van der Waals surface area contributed by atoms with Crippen molar-refractivity contribution in [2.24, 2.45) is 0 Å². The molecule has 6 heteroatoms. The summed E-state index contributed by atoms with van der Waals surface area (Å²) in [4.78, 5) is 15.8. The van der Waals surface area contributed by atoms with E-state index >= 15 is 0 Å². The van der Waals surface area contributed by atoms with E-state index in [1.54, 1.807) is 13.1 Å². The summed E-state index contributed by atoms with van der Waals surface area (Å²) in [7, 11) is -3.31. The van der Waals surface area contributed by atoms with Crippen molar-refractivity contribution in [1.82, 2.24) is 10.3 Å². The highest BCUT2D eigenvalue weighted by molar-refractivity contribution is 7.92. The van der Waals surface area contributed by atoms with E-state index in [9.17, 15) is 13.2 Å². The van der Waals surface area contributed by atoms with Gasteiger partial charge in [0.05, 0.1) is 0 Å². The summed E-state index contributed by atoms with van der Waals surface area (Å²) in [6.45, 7) is 3.42. The van der Waals surface area contributed by atoms with Gasteiger partial charge in [0.25, 0.3) is 0 Å². The molecule has 0 bridgehead atoms. The first-order valence-corrected chi connectivity index (χ1v) is 8.08. The van der Waals surface area contributed by atoms with Crippen LogP contribution in [-0.2, 0) is 21.1 Å². The molecule has 0 aliphatic carbocycles. The van der Waals surface area contributed by atoms with E-state index in [1.165, 1.54) is 6.92 Å². The minimum Gasteiger partial charge on any atom is -0.355 e. The number of rotatable bonds is 7. The summed E-state index contributed by atoms with van der Waals surface area (Å²) in [6, 6.07) is 5.69. The lowest BCUT2D eigenvalue weighted by atomic mass is 10.2. The highest BCUT2D eigenvalue weighted by atomic mass is 32.2. The maximum atomic E-state index is 11.7. The molecule has 1 aromatic heterocycles. The van der Waals surface area contributed by atoms with Gasteiger partial charge in [0.2, 0.25) is 5.91 Å². The molecule has 0 aliphatic rings. The average Bonchev–Trinajstić information content (AvgIpc) is 2.43. The van der Waals surface area contributed by atoms with Gasteiger partial charge in [-0.25, -0.2) is 8.42 Å². The van der Waals surface area contributed by atoms with Crippen LogP contribution in [0.3, 0.4) is 0 Å². The fourth-order valence-electron chi connectivity index (χ4n) is 1.58. The normalized spacial score (nSPS) is 12.9. The zero-order valence-electron chi connectivity index (χ0n) is 11.3. The van der Waals surface area contributed by atoms with Gasteiger partial charge in [-0.3, -0.25) is 9.78 Å². The topological polar surface area (TPSA) is 76.1 Å². The van der Waals surface area contributed by atoms with E-state index in [2.05, 4.69) is 10.3 Å². The molecule has 0 radical (unpaired) electrons. The standard InChI is InChI=1S/C13H20N2O3S/c1-3-19(17,18)11(2)13(16)15-10-6-8-12-7-4-5-9-14-12/h4-5,7,9,11H,3,6,8,10H2,1-2H3,(H,15,16). The van der Waals surface area contributed by atoms with E-state index in [0.717, 1.165) is 18.5 Å². The van der Waals surface area contributed by atoms with Crippen LogP contribution in [0.25, 0.3) is 0 Å². The smallest absolute Gasteiger partial charge is 0.238 e. The minimum atomic E-state index is -3.31. The van der Waals surface area contributed by atoms with Crippen LogP contribution >= 0.6 is 0 Å². The van der Waals surface area contributed by atoms with Crippen molar-refractivity contribution in [2.45, 2.75) is 31.9 Å². The highest BCUT2D eigenvalue weighted by Gasteiger charge is 2.25. The molecule has 0 fully saturated rings. The predicted molar refractivity (Wildman–Crippen MR) is 74.5 cm³/mol. The lowest BCUT2D eigenvalue weighted by molar-refractivity contribution is -0.120. The van der Waals surface area contributed by atoms with Crippen molar-refractivity contribution >= 4 is 15.7 Å². The second-order valence-corrected chi connectivity index (χ2v) is 6.92. The quantitative estimate of drug-likeness (QED) is 0.756. The molecule has 0 saturated heterocycles. The molecule has 106 valence electrons. The Bertz CT molecular complexity index is 500. The van der Waals surface area contributed by atoms with Crippen LogP contribution in [0.5, 0.6) is 0 Å². The molecule has 1 amide bonds. The van der Waals surface area contributed by atoms with E-state index in [1.807, 2.05) is 18.2 Å². The molecule has 0 aliphatic heterocycles. The predicted octanol–water partition coefficient (Wildman–Crippen LogP) is 0.954. The number of nitrogens with one attached hydrogen (secondary N) is 1. The highest BCUT2D eigenvalue weighted by Crippen LogP contribution is 2.02. The fourth-order valence-corrected chi connectivity index (χ4v) is 2.49. The van der Waals surface area contributed by atoms with Crippen molar-refractivity contribution in [3.05, 3.63) is 30.1 Å². The van der Waals surface area contributed by atoms with Crippen LogP contribution in [0.2, 0.25) is 0 Å². The molecular formula is C13H20N2O3S. The molecule has 1 rings (SSSR count). The van der Waals surface area contributed by atoms with Gasteiger partial charge in [-0.15, -0.1) is 0 Å². The Hall–Kier alpha value is -1.43. The van der Waals surface area contributed by atoms with Crippen LogP contribution in [-0.4, -0.2) is 36.9 Å². The molecule has 1 aromatic rings. The molecular weight excluding hydrogens is 264 g/mol. The van der Waals surface area contributed by atoms with E-state index < -0.39 is 21.0 Å². The van der Waals surface area contributed by atoms with Crippen LogP contribution in [0, 0.1) is 0 Å². The fraction of sp³-hybridized carbons (Fsp3) is 0.538. The van der Waals surface area contributed by atoms with Crippen LogP contribution in [0.15, 0.2) is 24.4 Å². The molecule has 1 unspecified atom stereocenters. The number of amides is 1. The maximum absolute atomic E-state index is 11.7. The Morgan fingerprint density at radius 3 is 2.74 bits per heavy atom. The molecule has 5 nitrogen and oxygen atoms in total. The lowest BCUT2D eigenvalue weighted by Gasteiger charge is -2.11. The first-order valence-electron chi connectivity index (χ1n) is 6.36. The van der Waals surface area contributed by atoms with Crippen molar-refractivity contribution in [2.75, 3.05) is 12.3 Å². The summed E-state index contributed by atoms with van der Waals surface area (Å²) in [5, 5.41) is 1.67. The number of nitrogens with zero attached hydrogens (tertiary/aromatic N) is 1. The zero-order chi connectivity index (χ0) is 14.3. The second-order valence-electron chi connectivity index (χ2n) is 4.31. The Morgan fingerprint density at radius 1 is 1.42 bits per heavy atom. The average molecular weight is 284 g/mol. The molecule has 19 heavy (non-hydrogen) atoms. The van der Waals surface area contributed by atoms with Gasteiger partial charge in [-0.1, -0.05) is 13.0 Å². The van der Waals surface area contributed by atoms with Gasteiger partial charge in [0.15, 0.2) is 9.84 Å². The summed E-state index contributed by atoms with van der Waals surface area (Å²) in [5.74, 6) is -0.446. The van der Waals surface area contributed by atoms with Crippen molar-refractivity contribution < 1.29 is 13.2 Å². The molecule has 1 atom stereocenters. The monoisotopic (exact) mass is 284 g/mol. The van der Waals surface area contributed by atoms with Crippen molar-refractivity contribution in [3.63, 3.8) is 0 Å². The van der Waals surface area contributed by atoms with E-state index in [-0.39, 0.29) is 5.75 Å². The number of sulfone groups is 1. The zero-order valence-corrected chi connectivity index (χ0v) is 12.1. The first kappa shape index (κ1) is 15.6. The van der Waals surface area contributed by atoms with Gasteiger partial charge in [-0.05, 0) is 31.9 Å². The van der Waals surface area contributed by atoms with Crippen LogP contribution < -0.4 is 5.32 Å². The van der Waals surface area contributed by atoms with Crippen molar-refractivity contribution in [3.8, 4) is 0 Å². The largest absolute Gasteiger partial charge is 0.355 e. The number of aryl methyl sites for hydroxylation is 1. The number of carbonyl (C=O) groups excluding carboxylic acids is 1. The van der Waals surface area contributed by atoms with Gasteiger partial charge in [-0.2, -0.15) is 0 Å². The van der Waals surface area contributed by atoms with Crippen molar-refractivity contribution in [1.29, 1.82) is 0 Å². The lowest BCUT2D eigenvalue weighted by Crippen LogP contribution is -2.39. The number of aromatic nitrogens is 1. The molecule has 0 saturated carbocycles. The Balaban J connectivity index is 2.32. The van der Waals surface area contributed by atoms with Crippen LogP contribution in [0.1, 0.15) is 26.0 Å². The third kappa shape index (κ3) is 4.98. The number of pyridine rings is 1. The third-order valence-electron chi connectivity index (χ3n) is 2.95. The first-order chi connectivity index (χ1) is 8.97. The Labute approximate surface area is 114 Å². The summed E-state index contributed by atoms with van der Waals surface area (Å²) >= 11 is 0. The van der Waals surface area contributed by atoms with Gasteiger partial charge in [0.1, 0.15) is 5.25 Å². The van der Waals surface area contributed by atoms with Gasteiger partial charge >= 0.3 is 0 Å². The van der Waals surface area contributed by atoms with Gasteiger partial charge < -0.3 is 5.32 Å². The van der Waals surface area contributed by atoms with E-state index in [0.29, 0.717) is 6.54 Å². The van der Waals surface area contributed by atoms with Crippen LogP contribution in [0.4, 0.5) is 0 Å². The summed E-state index contributed by atoms with van der Waals surface area (Å²) < 4.78 is 23.0. The molecule has 1 heterocycles.